The molecule has 1 saturated carbocycles. The fourth-order valence-corrected chi connectivity index (χ4v) is 5.25. The zero-order valence-corrected chi connectivity index (χ0v) is 18.6. The van der Waals surface area contributed by atoms with Gasteiger partial charge in [0.15, 0.2) is 5.75 Å². The molecule has 4 N–H and O–H groups in total. The summed E-state index contributed by atoms with van der Waals surface area (Å²) < 4.78 is 20.8. The van der Waals surface area contributed by atoms with Gasteiger partial charge in [0.25, 0.3) is 0 Å². The van der Waals surface area contributed by atoms with E-state index in [1.54, 1.807) is 26.4 Å². The maximum Gasteiger partial charge on any atom is 0.326 e. The van der Waals surface area contributed by atoms with Gasteiger partial charge in [0.1, 0.15) is 29.2 Å². The molecule has 2 bridgehead atoms. The Morgan fingerprint density at radius 2 is 2.06 bits per heavy atom. The molecule has 6 rings (SSSR count). The summed E-state index contributed by atoms with van der Waals surface area (Å²) in [6.45, 7) is 2.51. The lowest BCUT2D eigenvalue weighted by Gasteiger charge is -2.31. The maximum absolute atomic E-state index is 14.9. The second-order valence-electron chi connectivity index (χ2n) is 8.84. The number of benzene rings is 1. The van der Waals surface area contributed by atoms with Crippen molar-refractivity contribution in [2.45, 2.75) is 31.8 Å². The minimum Gasteiger partial charge on any atom is -0.421 e. The van der Waals surface area contributed by atoms with Crippen LogP contribution >= 0.6 is 0 Å². The van der Waals surface area contributed by atoms with Gasteiger partial charge in [-0.05, 0) is 25.7 Å². The molecule has 1 aliphatic heterocycles. The van der Waals surface area contributed by atoms with Crippen LogP contribution in [-0.4, -0.2) is 50.6 Å². The number of aromatic amines is 1. The third-order valence-corrected chi connectivity index (χ3v) is 6.86. The van der Waals surface area contributed by atoms with Gasteiger partial charge in [-0.1, -0.05) is 0 Å². The molecule has 34 heavy (non-hydrogen) atoms. The SMILES string of the molecule is CNc1cc(F)c(C#N)c2c1[nH]c1nc(Oc3cnc(C)nc3)nc(N3C[C@H]4C[C@@H]3C[C@H]4N)c12. The molecule has 0 radical (unpaired) electrons. The molecule has 4 aromatic rings. The molecule has 11 heteroatoms. The van der Waals surface area contributed by atoms with Crippen LogP contribution in [0.3, 0.4) is 0 Å². The van der Waals surface area contributed by atoms with Crippen LogP contribution < -0.4 is 20.7 Å². The number of nitrogens with one attached hydrogen (secondary N) is 2. The largest absolute Gasteiger partial charge is 0.421 e. The van der Waals surface area contributed by atoms with Gasteiger partial charge in [0, 0.05) is 37.1 Å². The number of nitrogens with zero attached hydrogens (tertiary/aromatic N) is 6. The Hall–Kier alpha value is -4.04. The average Bonchev–Trinajstić information content (AvgIpc) is 3.52. The van der Waals surface area contributed by atoms with Gasteiger partial charge in [-0.15, -0.1) is 0 Å². The Bertz CT molecular complexity index is 1470. The van der Waals surface area contributed by atoms with Crippen molar-refractivity contribution in [2.24, 2.45) is 11.7 Å². The second-order valence-corrected chi connectivity index (χ2v) is 8.84. The summed E-state index contributed by atoms with van der Waals surface area (Å²) in [6, 6.07) is 3.81. The van der Waals surface area contributed by atoms with Gasteiger partial charge < -0.3 is 25.7 Å². The molecule has 1 aliphatic carbocycles. The molecule has 0 unspecified atom stereocenters. The molecular formula is C23H22FN9O. The summed E-state index contributed by atoms with van der Waals surface area (Å²) in [5.41, 5.74) is 7.80. The van der Waals surface area contributed by atoms with E-state index in [9.17, 15) is 9.65 Å². The number of anilines is 2. The van der Waals surface area contributed by atoms with E-state index in [2.05, 4.69) is 30.2 Å². The normalized spacial score (nSPS) is 21.4. The number of piperidine rings is 1. The van der Waals surface area contributed by atoms with Crippen LogP contribution in [0.1, 0.15) is 24.2 Å². The molecule has 2 fully saturated rings. The number of fused-ring (bicyclic) bond motifs is 5. The van der Waals surface area contributed by atoms with Crippen LogP contribution in [0.15, 0.2) is 18.5 Å². The summed E-state index contributed by atoms with van der Waals surface area (Å²) in [7, 11) is 1.70. The van der Waals surface area contributed by atoms with E-state index in [4.69, 9.17) is 15.5 Å². The Balaban J connectivity index is 1.60. The van der Waals surface area contributed by atoms with Crippen LogP contribution in [0, 0.1) is 30.0 Å². The molecule has 1 aromatic carbocycles. The lowest BCUT2D eigenvalue weighted by atomic mass is 10.0. The molecular weight excluding hydrogens is 437 g/mol. The van der Waals surface area contributed by atoms with Crippen molar-refractivity contribution in [3.05, 3.63) is 35.7 Å². The van der Waals surface area contributed by atoms with Crippen LogP contribution in [-0.2, 0) is 0 Å². The third kappa shape index (κ3) is 3.03. The molecule has 4 heterocycles. The molecule has 2 aliphatic rings. The van der Waals surface area contributed by atoms with Crippen molar-refractivity contribution in [1.29, 1.82) is 5.26 Å². The van der Waals surface area contributed by atoms with Crippen LogP contribution in [0.4, 0.5) is 15.9 Å². The zero-order valence-electron chi connectivity index (χ0n) is 18.6. The highest BCUT2D eigenvalue weighted by Gasteiger charge is 2.44. The number of hydrogen-bond acceptors (Lipinski definition) is 9. The van der Waals surface area contributed by atoms with E-state index in [1.165, 1.54) is 6.07 Å². The van der Waals surface area contributed by atoms with Gasteiger partial charge in [-0.3, -0.25) is 0 Å². The van der Waals surface area contributed by atoms with Gasteiger partial charge in [-0.25, -0.2) is 14.4 Å². The Morgan fingerprint density at radius 3 is 2.71 bits per heavy atom. The highest BCUT2D eigenvalue weighted by Crippen LogP contribution is 2.45. The van der Waals surface area contributed by atoms with E-state index in [-0.39, 0.29) is 23.7 Å². The van der Waals surface area contributed by atoms with Gasteiger partial charge in [0.05, 0.1) is 34.5 Å². The summed E-state index contributed by atoms with van der Waals surface area (Å²) in [5, 5.41) is 13.8. The number of H-pyrrole nitrogens is 1. The number of ether oxygens (including phenoxy) is 1. The Morgan fingerprint density at radius 1 is 1.26 bits per heavy atom. The molecule has 172 valence electrons. The van der Waals surface area contributed by atoms with Crippen molar-refractivity contribution < 1.29 is 9.13 Å². The fourth-order valence-electron chi connectivity index (χ4n) is 5.25. The second kappa shape index (κ2) is 7.50. The number of aryl methyl sites for hydroxylation is 1. The highest BCUT2D eigenvalue weighted by atomic mass is 19.1. The van der Waals surface area contributed by atoms with E-state index >= 15 is 0 Å². The van der Waals surface area contributed by atoms with Gasteiger partial charge >= 0.3 is 6.01 Å². The van der Waals surface area contributed by atoms with E-state index in [0.29, 0.717) is 50.9 Å². The number of nitriles is 1. The van der Waals surface area contributed by atoms with E-state index in [1.807, 2.05) is 6.07 Å². The first-order chi connectivity index (χ1) is 16.5. The monoisotopic (exact) mass is 459 g/mol. The maximum atomic E-state index is 14.9. The van der Waals surface area contributed by atoms with Gasteiger partial charge in [0.2, 0.25) is 0 Å². The first-order valence-corrected chi connectivity index (χ1v) is 11.1. The Labute approximate surface area is 194 Å². The highest BCUT2D eigenvalue weighted by molar-refractivity contribution is 6.17. The predicted octanol–water partition coefficient (Wildman–Crippen LogP) is 2.98. The van der Waals surface area contributed by atoms with Crippen molar-refractivity contribution in [3.63, 3.8) is 0 Å². The smallest absolute Gasteiger partial charge is 0.326 e. The minimum absolute atomic E-state index is 0.0493. The summed E-state index contributed by atoms with van der Waals surface area (Å²) in [4.78, 5) is 23.1. The predicted molar refractivity (Wildman–Crippen MR) is 124 cm³/mol. The zero-order chi connectivity index (χ0) is 23.6. The number of nitrogens with two attached hydrogens (primary N) is 1. The van der Waals surface area contributed by atoms with Crippen molar-refractivity contribution in [1.82, 2.24) is 24.9 Å². The lowest BCUT2D eigenvalue weighted by molar-refractivity contribution is 0.435. The molecule has 1 saturated heterocycles. The van der Waals surface area contributed by atoms with Crippen molar-refractivity contribution in [3.8, 4) is 17.8 Å². The summed E-state index contributed by atoms with van der Waals surface area (Å²) in [5.74, 6) is 1.37. The van der Waals surface area contributed by atoms with Crippen LogP contribution in [0.5, 0.6) is 11.8 Å². The number of halogens is 1. The summed E-state index contributed by atoms with van der Waals surface area (Å²) in [6.07, 6.45) is 4.93. The van der Waals surface area contributed by atoms with Crippen LogP contribution in [0.25, 0.3) is 21.9 Å². The lowest BCUT2D eigenvalue weighted by Crippen LogP contribution is -2.41. The first-order valence-electron chi connectivity index (χ1n) is 11.1. The number of aromatic nitrogens is 5. The van der Waals surface area contributed by atoms with Crippen molar-refractivity contribution in [2.75, 3.05) is 23.8 Å². The van der Waals surface area contributed by atoms with E-state index in [0.717, 1.165) is 19.4 Å². The number of rotatable bonds is 4. The quantitative estimate of drug-likeness (QED) is 0.420. The molecule has 10 nitrogen and oxygen atoms in total. The van der Waals surface area contributed by atoms with Crippen molar-refractivity contribution >= 4 is 33.4 Å². The fraction of sp³-hybridized carbons (Fsp3) is 0.348. The molecule has 0 amide bonds. The topological polar surface area (TPSA) is 142 Å². The summed E-state index contributed by atoms with van der Waals surface area (Å²) >= 11 is 0. The van der Waals surface area contributed by atoms with Crippen LogP contribution in [0.2, 0.25) is 0 Å². The number of hydrogen-bond donors (Lipinski definition) is 3. The molecule has 0 spiro atoms. The first kappa shape index (κ1) is 20.6. The standard InChI is InChI=1S/C23H22FN9O/c1-10-28-7-13(8-29-10)34-23-31-21-19(22(32-23)33-9-11-3-12(33)4-16(11)26)18-14(6-25)15(24)5-17(27-2)20(18)30-21/h5,7-8,11-12,16,27H,3-4,9,26H2,1-2H3,(H,30,31,32)/t11-,12-,16-/m1/s1. The van der Waals surface area contributed by atoms with Gasteiger partial charge in [-0.2, -0.15) is 15.2 Å². The molecule has 3 atom stereocenters. The third-order valence-electron chi connectivity index (χ3n) is 6.86. The Kier molecular flexibility index (Phi) is 4.53. The minimum atomic E-state index is -0.603. The average molecular weight is 459 g/mol. The van der Waals surface area contributed by atoms with E-state index < -0.39 is 5.82 Å². The molecule has 3 aromatic heterocycles.